The Kier molecular flexibility index (Phi) is 5.61. The van der Waals surface area contributed by atoms with Gasteiger partial charge in [-0.25, -0.2) is 0 Å². The molecule has 1 saturated heterocycles. The molecule has 0 radical (unpaired) electrons. The van der Waals surface area contributed by atoms with E-state index in [1.54, 1.807) is 6.08 Å². The van der Waals surface area contributed by atoms with Gasteiger partial charge in [-0.2, -0.15) is 0 Å². The van der Waals surface area contributed by atoms with Gasteiger partial charge in [-0.05, 0) is 25.7 Å². The van der Waals surface area contributed by atoms with Crippen LogP contribution in [0.4, 0.5) is 0 Å². The van der Waals surface area contributed by atoms with Crippen LogP contribution in [0.1, 0.15) is 32.1 Å². The Balaban J connectivity index is 2.47. The van der Waals surface area contributed by atoms with E-state index < -0.39 is 0 Å². The molecule has 0 saturated carbocycles. The van der Waals surface area contributed by atoms with Gasteiger partial charge in [0.15, 0.2) is 0 Å². The first kappa shape index (κ1) is 12.7. The van der Waals surface area contributed by atoms with E-state index in [9.17, 15) is 9.59 Å². The minimum Gasteiger partial charge on any atom is -0.462 e. The monoisotopic (exact) mass is 226 g/mol. The molecule has 1 rings (SSSR count). The summed E-state index contributed by atoms with van der Waals surface area (Å²) in [6.07, 6.45) is 5.08. The Morgan fingerprint density at radius 2 is 2.06 bits per heavy atom. The first-order valence-electron chi connectivity index (χ1n) is 5.67. The number of carbonyl (C=O) groups excluding carboxylic acids is 2. The lowest BCUT2D eigenvalue weighted by atomic mass is 9.96. The van der Waals surface area contributed by atoms with E-state index in [-0.39, 0.29) is 31.1 Å². The van der Waals surface area contributed by atoms with Crippen molar-refractivity contribution < 1.29 is 19.1 Å². The van der Waals surface area contributed by atoms with Crippen LogP contribution in [0.25, 0.3) is 0 Å². The van der Waals surface area contributed by atoms with Gasteiger partial charge in [0.2, 0.25) is 0 Å². The summed E-state index contributed by atoms with van der Waals surface area (Å²) < 4.78 is 9.88. The number of ether oxygens (including phenoxy) is 2. The molecule has 90 valence electrons. The highest BCUT2D eigenvalue weighted by Crippen LogP contribution is 2.18. The van der Waals surface area contributed by atoms with Gasteiger partial charge in [-0.15, -0.1) is 6.58 Å². The van der Waals surface area contributed by atoms with Gasteiger partial charge in [0.05, 0.1) is 5.92 Å². The van der Waals surface area contributed by atoms with E-state index >= 15 is 0 Å². The molecule has 4 nitrogen and oxygen atoms in total. The smallest absolute Gasteiger partial charge is 0.309 e. The van der Waals surface area contributed by atoms with Crippen molar-refractivity contribution in [3.8, 4) is 0 Å². The molecular weight excluding hydrogens is 208 g/mol. The maximum absolute atomic E-state index is 11.6. The summed E-state index contributed by atoms with van der Waals surface area (Å²) in [5.74, 6) is -0.496. The van der Waals surface area contributed by atoms with E-state index in [0.29, 0.717) is 19.3 Å². The fourth-order valence-electron chi connectivity index (χ4n) is 1.68. The zero-order valence-corrected chi connectivity index (χ0v) is 9.44. The van der Waals surface area contributed by atoms with Crippen molar-refractivity contribution in [2.24, 2.45) is 5.92 Å². The second-order valence-corrected chi connectivity index (χ2v) is 3.84. The Labute approximate surface area is 95.6 Å². The van der Waals surface area contributed by atoms with Crippen LogP contribution < -0.4 is 0 Å². The van der Waals surface area contributed by atoms with Gasteiger partial charge < -0.3 is 9.47 Å². The summed E-state index contributed by atoms with van der Waals surface area (Å²) in [5.41, 5.74) is 0. The highest BCUT2D eigenvalue weighted by atomic mass is 16.6. The molecule has 16 heavy (non-hydrogen) atoms. The van der Waals surface area contributed by atoms with E-state index in [2.05, 4.69) is 6.58 Å². The summed E-state index contributed by atoms with van der Waals surface area (Å²) in [4.78, 5) is 22.7. The third-order valence-corrected chi connectivity index (χ3v) is 2.58. The Bertz CT molecular complexity index is 260. The number of esters is 2. The van der Waals surface area contributed by atoms with Crippen LogP contribution >= 0.6 is 0 Å². The maximum atomic E-state index is 11.6. The second kappa shape index (κ2) is 7.04. The molecular formula is C12H18O4. The first-order valence-corrected chi connectivity index (χ1v) is 5.67. The van der Waals surface area contributed by atoms with Crippen LogP contribution in [0.3, 0.4) is 0 Å². The average Bonchev–Trinajstić information content (AvgIpc) is 2.28. The molecule has 0 aromatic heterocycles. The Morgan fingerprint density at radius 3 is 2.81 bits per heavy atom. The minimum atomic E-state index is -0.208. The SMILES string of the molecule is C=CCCC1CCCC(=O)OCCOC1=O. The third-order valence-electron chi connectivity index (χ3n) is 2.58. The lowest BCUT2D eigenvalue weighted by molar-refractivity contribution is -0.157. The van der Waals surface area contributed by atoms with Gasteiger partial charge in [0.25, 0.3) is 0 Å². The second-order valence-electron chi connectivity index (χ2n) is 3.84. The van der Waals surface area contributed by atoms with Gasteiger partial charge in [0.1, 0.15) is 13.2 Å². The third kappa shape index (κ3) is 4.47. The molecule has 0 spiro atoms. The lowest BCUT2D eigenvalue weighted by Gasteiger charge is -2.17. The molecule has 0 amide bonds. The van der Waals surface area contributed by atoms with Gasteiger partial charge in [0, 0.05) is 6.42 Å². The molecule has 0 aromatic rings. The summed E-state index contributed by atoms with van der Waals surface area (Å²) in [7, 11) is 0. The van der Waals surface area contributed by atoms with Crippen LogP contribution in [0.5, 0.6) is 0 Å². The number of hydrogen-bond donors (Lipinski definition) is 0. The standard InChI is InChI=1S/C12H18O4/c1-2-3-5-10-6-4-7-11(13)15-8-9-16-12(10)14/h2,10H,1,3-9H2. The highest BCUT2D eigenvalue weighted by molar-refractivity contribution is 5.73. The molecule has 0 bridgehead atoms. The number of hydrogen-bond acceptors (Lipinski definition) is 4. The van der Waals surface area contributed by atoms with Crippen molar-refractivity contribution in [1.82, 2.24) is 0 Å². The van der Waals surface area contributed by atoms with Crippen molar-refractivity contribution in [3.05, 3.63) is 12.7 Å². The van der Waals surface area contributed by atoms with Crippen LogP contribution in [-0.2, 0) is 19.1 Å². The first-order chi connectivity index (χ1) is 7.74. The van der Waals surface area contributed by atoms with Crippen LogP contribution in [0.15, 0.2) is 12.7 Å². The fourth-order valence-corrected chi connectivity index (χ4v) is 1.68. The zero-order chi connectivity index (χ0) is 11.8. The molecule has 1 fully saturated rings. The van der Waals surface area contributed by atoms with Gasteiger partial charge in [-0.1, -0.05) is 6.08 Å². The predicted octanol–water partition coefficient (Wildman–Crippen LogP) is 1.84. The topological polar surface area (TPSA) is 52.6 Å². The number of allylic oxidation sites excluding steroid dienone is 1. The zero-order valence-electron chi connectivity index (χ0n) is 9.44. The summed E-state index contributed by atoms with van der Waals surface area (Å²) >= 11 is 0. The summed E-state index contributed by atoms with van der Waals surface area (Å²) in [5, 5.41) is 0. The fraction of sp³-hybridized carbons (Fsp3) is 0.667. The highest BCUT2D eigenvalue weighted by Gasteiger charge is 2.20. The van der Waals surface area contributed by atoms with Crippen molar-refractivity contribution in [1.29, 1.82) is 0 Å². The summed E-state index contributed by atoms with van der Waals surface area (Å²) in [6.45, 7) is 3.96. The quantitative estimate of drug-likeness (QED) is 0.544. The van der Waals surface area contributed by atoms with Gasteiger partial charge in [-0.3, -0.25) is 9.59 Å². The molecule has 1 aliphatic rings. The molecule has 0 aliphatic carbocycles. The van der Waals surface area contributed by atoms with Crippen LogP contribution in [-0.4, -0.2) is 25.2 Å². The maximum Gasteiger partial charge on any atom is 0.309 e. The van der Waals surface area contributed by atoms with Crippen molar-refractivity contribution in [3.63, 3.8) is 0 Å². The normalized spacial score (nSPS) is 23.1. The lowest BCUT2D eigenvalue weighted by Crippen LogP contribution is -2.23. The van der Waals surface area contributed by atoms with E-state index in [4.69, 9.17) is 9.47 Å². The number of carbonyl (C=O) groups is 2. The molecule has 0 aromatic carbocycles. The largest absolute Gasteiger partial charge is 0.462 e. The molecule has 1 heterocycles. The van der Waals surface area contributed by atoms with Crippen LogP contribution in [0, 0.1) is 5.92 Å². The van der Waals surface area contributed by atoms with Crippen molar-refractivity contribution in [2.75, 3.05) is 13.2 Å². The number of rotatable bonds is 3. The Morgan fingerprint density at radius 1 is 1.31 bits per heavy atom. The Hall–Kier alpha value is -1.32. The van der Waals surface area contributed by atoms with Crippen LogP contribution in [0.2, 0.25) is 0 Å². The molecule has 0 N–H and O–H groups in total. The van der Waals surface area contributed by atoms with E-state index in [0.717, 1.165) is 12.8 Å². The molecule has 1 aliphatic heterocycles. The molecule has 1 unspecified atom stereocenters. The number of cyclic esters (lactones) is 2. The molecule has 1 atom stereocenters. The molecule has 4 heteroatoms. The van der Waals surface area contributed by atoms with E-state index in [1.807, 2.05) is 0 Å². The predicted molar refractivity (Wildman–Crippen MR) is 58.7 cm³/mol. The summed E-state index contributed by atoms with van der Waals surface area (Å²) in [6, 6.07) is 0. The van der Waals surface area contributed by atoms with E-state index in [1.165, 1.54) is 0 Å². The van der Waals surface area contributed by atoms with Crippen molar-refractivity contribution in [2.45, 2.75) is 32.1 Å². The minimum absolute atomic E-state index is 0.108. The van der Waals surface area contributed by atoms with Gasteiger partial charge >= 0.3 is 11.9 Å². The average molecular weight is 226 g/mol. The van der Waals surface area contributed by atoms with Crippen molar-refractivity contribution >= 4 is 11.9 Å².